The number of nitriles is 1. The molecule has 3 rings (SSSR count). The Kier molecular flexibility index (Phi) is 5.91. The molecule has 0 unspecified atom stereocenters. The third-order valence-electron chi connectivity index (χ3n) is 4.30. The van der Waals surface area contributed by atoms with E-state index in [2.05, 4.69) is 11.4 Å². The Balaban J connectivity index is 1.69. The predicted octanol–water partition coefficient (Wildman–Crippen LogP) is 3.89. The van der Waals surface area contributed by atoms with Gasteiger partial charge < -0.3 is 14.6 Å². The zero-order valence-corrected chi connectivity index (χ0v) is 15.2. The highest BCUT2D eigenvalue weighted by Crippen LogP contribution is 2.22. The molecule has 0 aliphatic rings. The molecule has 27 heavy (non-hydrogen) atoms. The molecule has 1 amide bonds. The van der Waals surface area contributed by atoms with E-state index >= 15 is 0 Å². The van der Waals surface area contributed by atoms with Gasteiger partial charge in [0.2, 0.25) is 5.91 Å². The Morgan fingerprint density at radius 3 is 2.93 bits per heavy atom. The SMILES string of the molecule is COc1cccc(CNC(=O)/C=C/c2cn(CCC#N)c3ccccc23)c1. The van der Waals surface area contributed by atoms with Crippen LogP contribution in [0, 0.1) is 11.3 Å². The molecule has 0 fully saturated rings. The lowest BCUT2D eigenvalue weighted by atomic mass is 10.1. The van der Waals surface area contributed by atoms with E-state index in [-0.39, 0.29) is 5.91 Å². The Morgan fingerprint density at radius 1 is 1.26 bits per heavy atom. The fourth-order valence-electron chi connectivity index (χ4n) is 2.96. The van der Waals surface area contributed by atoms with Gasteiger partial charge in [0.05, 0.1) is 19.6 Å². The lowest BCUT2D eigenvalue weighted by molar-refractivity contribution is -0.116. The number of para-hydroxylation sites is 1. The minimum Gasteiger partial charge on any atom is -0.497 e. The standard InChI is InChI=1S/C22H21N3O2/c1-27-19-7-4-6-17(14-19)15-24-22(26)11-10-18-16-25(13-5-12-23)21-9-3-2-8-20(18)21/h2-4,6-11,14,16H,5,13,15H2,1H3,(H,24,26)/b11-10+. The van der Waals surface area contributed by atoms with Crippen LogP contribution in [0.3, 0.4) is 0 Å². The van der Waals surface area contributed by atoms with Crippen molar-refractivity contribution in [2.75, 3.05) is 7.11 Å². The van der Waals surface area contributed by atoms with Gasteiger partial charge in [0.1, 0.15) is 5.75 Å². The number of nitrogens with zero attached hydrogens (tertiary/aromatic N) is 2. The fraction of sp³-hybridized carbons (Fsp3) is 0.182. The molecule has 0 aliphatic heterocycles. The van der Waals surface area contributed by atoms with Gasteiger partial charge in [-0.1, -0.05) is 30.3 Å². The highest BCUT2D eigenvalue weighted by atomic mass is 16.5. The molecule has 1 aromatic heterocycles. The van der Waals surface area contributed by atoms with Crippen molar-refractivity contribution >= 4 is 22.9 Å². The van der Waals surface area contributed by atoms with E-state index in [1.807, 2.05) is 65.4 Å². The van der Waals surface area contributed by atoms with E-state index in [0.717, 1.165) is 27.8 Å². The van der Waals surface area contributed by atoms with Crippen molar-refractivity contribution in [3.8, 4) is 11.8 Å². The molecular formula is C22H21N3O2. The molecule has 5 nitrogen and oxygen atoms in total. The molecule has 0 atom stereocenters. The van der Waals surface area contributed by atoms with Gasteiger partial charge in [-0.3, -0.25) is 4.79 Å². The topological polar surface area (TPSA) is 67.0 Å². The molecule has 0 spiro atoms. The summed E-state index contributed by atoms with van der Waals surface area (Å²) in [6.07, 6.45) is 5.78. The summed E-state index contributed by atoms with van der Waals surface area (Å²) in [4.78, 5) is 12.2. The first-order valence-electron chi connectivity index (χ1n) is 8.75. The Bertz CT molecular complexity index is 1010. The van der Waals surface area contributed by atoms with Crippen LogP contribution in [0.1, 0.15) is 17.5 Å². The number of hydrogen-bond donors (Lipinski definition) is 1. The van der Waals surface area contributed by atoms with Gasteiger partial charge in [0.25, 0.3) is 0 Å². The van der Waals surface area contributed by atoms with Gasteiger partial charge in [-0.25, -0.2) is 0 Å². The van der Waals surface area contributed by atoms with Gasteiger partial charge >= 0.3 is 0 Å². The number of carbonyl (C=O) groups is 1. The van der Waals surface area contributed by atoms with E-state index < -0.39 is 0 Å². The summed E-state index contributed by atoms with van der Waals surface area (Å²) in [6, 6.07) is 17.7. The lowest BCUT2D eigenvalue weighted by Crippen LogP contribution is -2.20. The number of fused-ring (bicyclic) bond motifs is 1. The van der Waals surface area contributed by atoms with E-state index in [4.69, 9.17) is 10.00 Å². The predicted molar refractivity (Wildman–Crippen MR) is 106 cm³/mol. The highest BCUT2D eigenvalue weighted by molar-refractivity contribution is 5.96. The molecule has 136 valence electrons. The number of ether oxygens (including phenoxy) is 1. The maximum absolute atomic E-state index is 12.2. The number of hydrogen-bond acceptors (Lipinski definition) is 3. The largest absolute Gasteiger partial charge is 0.497 e. The minimum atomic E-state index is -0.160. The van der Waals surface area contributed by atoms with Crippen LogP contribution in [-0.2, 0) is 17.9 Å². The van der Waals surface area contributed by atoms with Crippen molar-refractivity contribution in [3.63, 3.8) is 0 Å². The number of aromatic nitrogens is 1. The van der Waals surface area contributed by atoms with Gasteiger partial charge in [-0.2, -0.15) is 5.26 Å². The second-order valence-electron chi connectivity index (χ2n) is 6.11. The molecule has 3 aromatic rings. The molecule has 0 saturated heterocycles. The average molecular weight is 359 g/mol. The van der Waals surface area contributed by atoms with E-state index in [0.29, 0.717) is 19.5 Å². The Labute approximate surface area is 158 Å². The summed E-state index contributed by atoms with van der Waals surface area (Å²) < 4.78 is 7.24. The number of aryl methyl sites for hydroxylation is 1. The van der Waals surface area contributed by atoms with E-state index in [1.54, 1.807) is 7.11 Å². The van der Waals surface area contributed by atoms with Gasteiger partial charge in [-0.05, 0) is 29.8 Å². The first kappa shape index (κ1) is 18.3. The van der Waals surface area contributed by atoms with Crippen LogP contribution in [0.2, 0.25) is 0 Å². The van der Waals surface area contributed by atoms with Crippen molar-refractivity contribution in [2.24, 2.45) is 0 Å². The monoisotopic (exact) mass is 359 g/mol. The first-order chi connectivity index (χ1) is 13.2. The summed E-state index contributed by atoms with van der Waals surface area (Å²) >= 11 is 0. The van der Waals surface area contributed by atoms with Crippen LogP contribution in [0.25, 0.3) is 17.0 Å². The van der Waals surface area contributed by atoms with Crippen LogP contribution in [-0.4, -0.2) is 17.6 Å². The van der Waals surface area contributed by atoms with Crippen molar-refractivity contribution in [3.05, 3.63) is 71.9 Å². The average Bonchev–Trinajstić information content (AvgIpc) is 3.07. The first-order valence-corrected chi connectivity index (χ1v) is 8.75. The quantitative estimate of drug-likeness (QED) is 0.651. The van der Waals surface area contributed by atoms with Gasteiger partial charge in [0.15, 0.2) is 0 Å². The summed E-state index contributed by atoms with van der Waals surface area (Å²) in [5, 5.41) is 12.8. The zero-order chi connectivity index (χ0) is 19.1. The number of nitrogens with one attached hydrogen (secondary N) is 1. The summed E-state index contributed by atoms with van der Waals surface area (Å²) in [6.45, 7) is 1.07. The van der Waals surface area contributed by atoms with Crippen LogP contribution < -0.4 is 10.1 Å². The number of rotatable bonds is 7. The molecular weight excluding hydrogens is 338 g/mol. The second-order valence-corrected chi connectivity index (χ2v) is 6.11. The number of benzene rings is 2. The van der Waals surface area contributed by atoms with Crippen LogP contribution in [0.4, 0.5) is 0 Å². The van der Waals surface area contributed by atoms with Crippen molar-refractivity contribution in [1.82, 2.24) is 9.88 Å². The molecule has 0 saturated carbocycles. The third kappa shape index (κ3) is 4.56. The highest BCUT2D eigenvalue weighted by Gasteiger charge is 2.06. The summed E-state index contributed by atoms with van der Waals surface area (Å²) in [7, 11) is 1.62. The maximum atomic E-state index is 12.2. The normalized spacial score (nSPS) is 10.8. The number of carbonyl (C=O) groups excluding carboxylic acids is 1. The zero-order valence-electron chi connectivity index (χ0n) is 15.2. The summed E-state index contributed by atoms with van der Waals surface area (Å²) in [5.74, 6) is 0.606. The molecule has 5 heteroatoms. The molecule has 2 aromatic carbocycles. The smallest absolute Gasteiger partial charge is 0.244 e. The van der Waals surface area contributed by atoms with Crippen molar-refractivity contribution < 1.29 is 9.53 Å². The molecule has 0 aliphatic carbocycles. The Hall–Kier alpha value is -3.52. The molecule has 1 N–H and O–H groups in total. The van der Waals surface area contributed by atoms with E-state index in [9.17, 15) is 4.79 Å². The third-order valence-corrected chi connectivity index (χ3v) is 4.30. The van der Waals surface area contributed by atoms with Crippen molar-refractivity contribution in [2.45, 2.75) is 19.5 Å². The Morgan fingerprint density at radius 2 is 2.11 bits per heavy atom. The van der Waals surface area contributed by atoms with Gasteiger partial charge in [0, 0.05) is 41.8 Å². The summed E-state index contributed by atoms with van der Waals surface area (Å²) in [5.41, 5.74) is 2.99. The fourth-order valence-corrected chi connectivity index (χ4v) is 2.96. The van der Waals surface area contributed by atoms with Crippen molar-refractivity contribution in [1.29, 1.82) is 5.26 Å². The number of amides is 1. The maximum Gasteiger partial charge on any atom is 0.244 e. The van der Waals surface area contributed by atoms with E-state index in [1.165, 1.54) is 6.08 Å². The van der Waals surface area contributed by atoms with Crippen LogP contribution in [0.5, 0.6) is 5.75 Å². The van der Waals surface area contributed by atoms with Gasteiger partial charge in [-0.15, -0.1) is 0 Å². The second kappa shape index (κ2) is 8.72. The van der Waals surface area contributed by atoms with Crippen LogP contribution >= 0.6 is 0 Å². The molecule has 0 radical (unpaired) electrons. The van der Waals surface area contributed by atoms with Crippen LogP contribution in [0.15, 0.2) is 60.8 Å². The lowest BCUT2D eigenvalue weighted by Gasteiger charge is -2.05. The molecule has 1 heterocycles. The minimum absolute atomic E-state index is 0.160. The number of methoxy groups -OCH3 is 1. The molecule has 0 bridgehead atoms.